The second kappa shape index (κ2) is 7.97. The molecule has 1 aromatic rings. The Labute approximate surface area is 130 Å². The van der Waals surface area contributed by atoms with E-state index in [1.165, 1.54) is 4.88 Å². The van der Waals surface area contributed by atoms with Gasteiger partial charge in [0, 0.05) is 30.6 Å². The summed E-state index contributed by atoms with van der Waals surface area (Å²) in [5, 5.41) is 7.50. The van der Waals surface area contributed by atoms with Crippen molar-refractivity contribution >= 4 is 23.2 Å². The first-order valence-corrected chi connectivity index (χ1v) is 7.90. The van der Waals surface area contributed by atoms with E-state index < -0.39 is 5.41 Å². The standard InChI is InChI=1S/C14H25N5OS/c1-5-16-13(19-9-14(3,4)12(15)20)17-7-6-11-18-8-10(2)21-11/h8H,5-7,9H2,1-4H3,(H2,15,20)(H2,16,17,19). The molecule has 0 spiro atoms. The Morgan fingerprint density at radius 1 is 1.48 bits per heavy atom. The molecule has 0 atom stereocenters. The van der Waals surface area contributed by atoms with E-state index in [1.54, 1.807) is 25.2 Å². The van der Waals surface area contributed by atoms with Crippen molar-refractivity contribution in [2.75, 3.05) is 19.6 Å². The highest BCUT2D eigenvalue weighted by atomic mass is 32.1. The van der Waals surface area contributed by atoms with E-state index in [2.05, 4.69) is 20.6 Å². The summed E-state index contributed by atoms with van der Waals surface area (Å²) in [6, 6.07) is 0. The minimum atomic E-state index is -0.644. The van der Waals surface area contributed by atoms with Crippen molar-refractivity contribution in [3.8, 4) is 0 Å². The fourth-order valence-corrected chi connectivity index (χ4v) is 2.29. The van der Waals surface area contributed by atoms with E-state index in [9.17, 15) is 4.79 Å². The molecule has 0 fully saturated rings. The first-order valence-electron chi connectivity index (χ1n) is 7.08. The van der Waals surface area contributed by atoms with Gasteiger partial charge in [-0.1, -0.05) is 0 Å². The van der Waals surface area contributed by atoms with Gasteiger partial charge in [0.05, 0.1) is 17.0 Å². The molecule has 6 nitrogen and oxygen atoms in total. The average Bonchev–Trinajstić information content (AvgIpc) is 2.81. The van der Waals surface area contributed by atoms with Gasteiger partial charge in [-0.05, 0) is 27.7 Å². The molecule has 0 radical (unpaired) electrons. The number of guanidine groups is 1. The number of rotatable bonds is 7. The highest BCUT2D eigenvalue weighted by Gasteiger charge is 2.24. The molecule has 7 heteroatoms. The fraction of sp³-hybridized carbons (Fsp3) is 0.643. The number of nitrogens with one attached hydrogen (secondary N) is 2. The predicted octanol–water partition coefficient (Wildman–Crippen LogP) is 1.06. The number of carbonyl (C=O) groups is 1. The number of thiazole rings is 1. The SMILES string of the molecule is CCNC(=NCC(C)(C)C(N)=O)NCCc1ncc(C)s1. The number of nitrogens with zero attached hydrogens (tertiary/aromatic N) is 2. The second-order valence-corrected chi connectivity index (χ2v) is 6.80. The minimum absolute atomic E-state index is 0.347. The molecule has 0 bridgehead atoms. The Hall–Kier alpha value is -1.63. The molecule has 0 aliphatic heterocycles. The molecular formula is C14H25N5OS. The van der Waals surface area contributed by atoms with Gasteiger partial charge in [-0.3, -0.25) is 9.79 Å². The molecule has 0 aromatic carbocycles. The Balaban J connectivity index is 2.50. The van der Waals surface area contributed by atoms with Crippen LogP contribution in [-0.4, -0.2) is 36.5 Å². The van der Waals surface area contributed by atoms with Crippen LogP contribution in [0.5, 0.6) is 0 Å². The number of hydrogen-bond acceptors (Lipinski definition) is 4. The third-order valence-corrected chi connectivity index (χ3v) is 3.92. The summed E-state index contributed by atoms with van der Waals surface area (Å²) in [5.74, 6) is 0.348. The number of primary amides is 1. The van der Waals surface area contributed by atoms with E-state index >= 15 is 0 Å². The molecule has 1 amide bonds. The number of hydrogen-bond donors (Lipinski definition) is 3. The summed E-state index contributed by atoms with van der Waals surface area (Å²) in [7, 11) is 0. The first kappa shape index (κ1) is 17.4. The van der Waals surface area contributed by atoms with Crippen LogP contribution >= 0.6 is 11.3 Å². The van der Waals surface area contributed by atoms with Gasteiger partial charge in [0.2, 0.25) is 5.91 Å². The van der Waals surface area contributed by atoms with Crippen LogP contribution in [-0.2, 0) is 11.2 Å². The maximum absolute atomic E-state index is 11.3. The lowest BCUT2D eigenvalue weighted by atomic mass is 9.93. The average molecular weight is 311 g/mol. The molecular weight excluding hydrogens is 286 g/mol. The van der Waals surface area contributed by atoms with Gasteiger partial charge in [-0.25, -0.2) is 4.98 Å². The molecule has 0 saturated carbocycles. The van der Waals surface area contributed by atoms with Gasteiger partial charge >= 0.3 is 0 Å². The topological polar surface area (TPSA) is 92.4 Å². The zero-order valence-electron chi connectivity index (χ0n) is 13.2. The molecule has 0 unspecified atom stereocenters. The van der Waals surface area contributed by atoms with Crippen molar-refractivity contribution < 1.29 is 4.79 Å². The van der Waals surface area contributed by atoms with Gasteiger partial charge in [0.25, 0.3) is 0 Å². The van der Waals surface area contributed by atoms with Gasteiger partial charge in [0.15, 0.2) is 5.96 Å². The van der Waals surface area contributed by atoms with Crippen molar-refractivity contribution in [2.24, 2.45) is 16.1 Å². The minimum Gasteiger partial charge on any atom is -0.369 e. The highest BCUT2D eigenvalue weighted by Crippen LogP contribution is 2.14. The van der Waals surface area contributed by atoms with Crippen LogP contribution in [0.2, 0.25) is 0 Å². The van der Waals surface area contributed by atoms with Crippen molar-refractivity contribution in [3.05, 3.63) is 16.1 Å². The van der Waals surface area contributed by atoms with Gasteiger partial charge in [-0.2, -0.15) is 0 Å². The van der Waals surface area contributed by atoms with Crippen molar-refractivity contribution in [1.82, 2.24) is 15.6 Å². The molecule has 1 aromatic heterocycles. The zero-order valence-corrected chi connectivity index (χ0v) is 14.0. The van der Waals surface area contributed by atoms with Crippen LogP contribution in [0.15, 0.2) is 11.2 Å². The fourth-order valence-electron chi connectivity index (χ4n) is 1.50. The van der Waals surface area contributed by atoms with E-state index in [0.717, 1.165) is 24.5 Å². The predicted molar refractivity (Wildman–Crippen MR) is 87.5 cm³/mol. The smallest absolute Gasteiger partial charge is 0.224 e. The maximum atomic E-state index is 11.3. The van der Waals surface area contributed by atoms with Crippen LogP contribution in [0, 0.1) is 12.3 Å². The third-order valence-electron chi connectivity index (χ3n) is 2.94. The Morgan fingerprint density at radius 3 is 2.71 bits per heavy atom. The van der Waals surface area contributed by atoms with Crippen molar-refractivity contribution in [1.29, 1.82) is 0 Å². The van der Waals surface area contributed by atoms with Crippen LogP contribution < -0.4 is 16.4 Å². The molecule has 21 heavy (non-hydrogen) atoms. The van der Waals surface area contributed by atoms with Gasteiger partial charge in [-0.15, -0.1) is 11.3 Å². The molecule has 1 heterocycles. The monoisotopic (exact) mass is 311 g/mol. The quantitative estimate of drug-likeness (QED) is 0.518. The largest absolute Gasteiger partial charge is 0.369 e. The third kappa shape index (κ3) is 6.12. The number of aryl methyl sites for hydroxylation is 1. The van der Waals surface area contributed by atoms with E-state index in [0.29, 0.717) is 12.5 Å². The lowest BCUT2D eigenvalue weighted by Crippen LogP contribution is -2.40. The number of carbonyl (C=O) groups excluding carboxylic acids is 1. The van der Waals surface area contributed by atoms with Crippen molar-refractivity contribution in [2.45, 2.75) is 34.1 Å². The van der Waals surface area contributed by atoms with E-state index in [-0.39, 0.29) is 5.91 Å². The van der Waals surface area contributed by atoms with Crippen LogP contribution in [0.3, 0.4) is 0 Å². The number of nitrogens with two attached hydrogens (primary N) is 1. The summed E-state index contributed by atoms with van der Waals surface area (Å²) in [6.07, 6.45) is 2.73. The van der Waals surface area contributed by atoms with E-state index in [4.69, 9.17) is 5.73 Å². The summed E-state index contributed by atoms with van der Waals surface area (Å²) >= 11 is 1.70. The Morgan fingerprint density at radius 2 is 2.19 bits per heavy atom. The molecule has 0 aliphatic carbocycles. The zero-order chi connectivity index (χ0) is 15.9. The maximum Gasteiger partial charge on any atom is 0.224 e. The van der Waals surface area contributed by atoms with Gasteiger partial charge < -0.3 is 16.4 Å². The summed E-state index contributed by atoms with van der Waals surface area (Å²) in [6.45, 7) is 9.50. The summed E-state index contributed by atoms with van der Waals surface area (Å²) in [4.78, 5) is 21.3. The number of aliphatic imine (C=N–C) groups is 1. The summed E-state index contributed by atoms with van der Waals surface area (Å²) < 4.78 is 0. The lowest BCUT2D eigenvalue weighted by Gasteiger charge is -2.19. The lowest BCUT2D eigenvalue weighted by molar-refractivity contribution is -0.125. The number of aromatic nitrogens is 1. The molecule has 0 aliphatic rings. The first-order chi connectivity index (χ1) is 9.85. The molecule has 0 saturated heterocycles. The highest BCUT2D eigenvalue weighted by molar-refractivity contribution is 7.11. The van der Waals surface area contributed by atoms with Crippen molar-refractivity contribution in [3.63, 3.8) is 0 Å². The second-order valence-electron chi connectivity index (χ2n) is 5.48. The molecule has 1 rings (SSSR count). The van der Waals surface area contributed by atoms with Gasteiger partial charge in [0.1, 0.15) is 0 Å². The van der Waals surface area contributed by atoms with Crippen LogP contribution in [0.25, 0.3) is 0 Å². The van der Waals surface area contributed by atoms with Crippen LogP contribution in [0.4, 0.5) is 0 Å². The summed E-state index contributed by atoms with van der Waals surface area (Å²) in [5.41, 5.74) is 4.71. The Kier molecular flexibility index (Phi) is 6.61. The normalized spacial score (nSPS) is 12.3. The molecule has 118 valence electrons. The molecule has 4 N–H and O–H groups in total. The number of amides is 1. The van der Waals surface area contributed by atoms with E-state index in [1.807, 2.05) is 20.0 Å². The van der Waals surface area contributed by atoms with Crippen LogP contribution in [0.1, 0.15) is 30.7 Å². The Bertz CT molecular complexity index is 495.